The van der Waals surface area contributed by atoms with E-state index in [1.54, 1.807) is 36.4 Å². The quantitative estimate of drug-likeness (QED) is 0.423. The standard InChI is InChI=1S/C21H19Cl2N3O5S/c1-2-30-17-7-12(10-24-26-21-25-20(29)18(32-21)9-19(27)28)3-6-16(17)31-11-13-4-5-14(22)8-15(13)23/h3-8,10,18H,2,9,11H2,1H3,(H,27,28)(H,25,26,29)/p-1/b24-10-/t18-/m0/s1. The lowest BCUT2D eigenvalue weighted by atomic mass is 10.2. The smallest absolute Gasteiger partial charge is 0.239 e. The van der Waals surface area contributed by atoms with Crippen LogP contribution >= 0.6 is 35.0 Å². The van der Waals surface area contributed by atoms with Crippen molar-refractivity contribution in [1.82, 2.24) is 5.32 Å². The lowest BCUT2D eigenvalue weighted by molar-refractivity contribution is -0.305. The molecular weight excluding hydrogens is 477 g/mol. The first-order valence-electron chi connectivity index (χ1n) is 9.47. The number of amides is 1. The molecule has 11 heteroatoms. The Labute approximate surface area is 198 Å². The van der Waals surface area contributed by atoms with Crippen LogP contribution in [0.15, 0.2) is 46.6 Å². The first-order valence-corrected chi connectivity index (χ1v) is 11.1. The molecule has 168 valence electrons. The SMILES string of the molecule is CCOc1cc(/C=N\N=C2\NC(=O)[C@H](CC(=O)[O-])S2)ccc1OCc1ccc(Cl)cc1Cl. The predicted octanol–water partition coefficient (Wildman–Crippen LogP) is 3.03. The summed E-state index contributed by atoms with van der Waals surface area (Å²) in [5, 5.41) is 21.5. The third kappa shape index (κ3) is 6.62. The fourth-order valence-electron chi connectivity index (χ4n) is 2.67. The highest BCUT2D eigenvalue weighted by Crippen LogP contribution is 2.30. The second-order valence-electron chi connectivity index (χ2n) is 6.49. The maximum atomic E-state index is 11.7. The van der Waals surface area contributed by atoms with Gasteiger partial charge < -0.3 is 24.7 Å². The molecule has 1 N–H and O–H groups in total. The Bertz CT molecular complexity index is 1080. The van der Waals surface area contributed by atoms with Crippen LogP contribution in [0.25, 0.3) is 0 Å². The summed E-state index contributed by atoms with van der Waals surface area (Å²) in [5.74, 6) is -0.683. The molecule has 1 heterocycles. The average Bonchev–Trinajstić information content (AvgIpc) is 3.07. The van der Waals surface area contributed by atoms with Crippen molar-refractivity contribution in [2.45, 2.75) is 25.2 Å². The third-order valence-electron chi connectivity index (χ3n) is 4.15. The Morgan fingerprint density at radius 1 is 1.22 bits per heavy atom. The molecule has 8 nitrogen and oxygen atoms in total. The van der Waals surface area contributed by atoms with Gasteiger partial charge >= 0.3 is 0 Å². The predicted molar refractivity (Wildman–Crippen MR) is 123 cm³/mol. The van der Waals surface area contributed by atoms with Crippen molar-refractivity contribution in [2.24, 2.45) is 10.2 Å². The van der Waals surface area contributed by atoms with Crippen molar-refractivity contribution >= 4 is 58.2 Å². The summed E-state index contributed by atoms with van der Waals surface area (Å²) in [6.45, 7) is 2.53. The summed E-state index contributed by atoms with van der Waals surface area (Å²) in [6, 6.07) is 10.4. The minimum absolute atomic E-state index is 0.224. The van der Waals surface area contributed by atoms with Gasteiger partial charge in [-0.1, -0.05) is 41.0 Å². The minimum atomic E-state index is -1.30. The fourth-order valence-corrected chi connectivity index (χ4v) is 4.04. The summed E-state index contributed by atoms with van der Waals surface area (Å²) in [4.78, 5) is 22.4. The van der Waals surface area contributed by atoms with Gasteiger partial charge in [-0.2, -0.15) is 5.10 Å². The highest BCUT2D eigenvalue weighted by molar-refractivity contribution is 8.15. The maximum absolute atomic E-state index is 11.7. The van der Waals surface area contributed by atoms with Gasteiger partial charge in [-0.05, 0) is 42.8 Å². The van der Waals surface area contributed by atoms with E-state index in [1.807, 2.05) is 6.92 Å². The number of benzene rings is 2. The van der Waals surface area contributed by atoms with Crippen molar-refractivity contribution < 1.29 is 24.2 Å². The van der Waals surface area contributed by atoms with Crippen molar-refractivity contribution in [3.05, 3.63) is 57.6 Å². The molecule has 1 atom stereocenters. The molecule has 0 bridgehead atoms. The van der Waals surface area contributed by atoms with Crippen molar-refractivity contribution in [3.8, 4) is 11.5 Å². The number of carbonyl (C=O) groups is 2. The molecule has 1 saturated heterocycles. The third-order valence-corrected chi connectivity index (χ3v) is 5.81. The maximum Gasteiger partial charge on any atom is 0.239 e. The van der Waals surface area contributed by atoms with Gasteiger partial charge in [0.1, 0.15) is 6.61 Å². The number of thioether (sulfide) groups is 1. The van der Waals surface area contributed by atoms with E-state index in [-0.39, 0.29) is 18.2 Å². The van der Waals surface area contributed by atoms with Crippen LogP contribution in [-0.4, -0.2) is 35.1 Å². The molecule has 1 aliphatic rings. The summed E-state index contributed by atoms with van der Waals surface area (Å²) < 4.78 is 11.5. The summed E-state index contributed by atoms with van der Waals surface area (Å²) >= 11 is 13.1. The van der Waals surface area contributed by atoms with Crippen LogP contribution in [-0.2, 0) is 16.2 Å². The number of aliphatic carboxylic acids is 1. The topological polar surface area (TPSA) is 112 Å². The van der Waals surface area contributed by atoms with Crippen LogP contribution in [0.5, 0.6) is 11.5 Å². The fraction of sp³-hybridized carbons (Fsp3) is 0.238. The first kappa shape index (κ1) is 23.9. The van der Waals surface area contributed by atoms with Crippen LogP contribution in [0, 0.1) is 0 Å². The van der Waals surface area contributed by atoms with Crippen LogP contribution < -0.4 is 19.9 Å². The number of hydrogen-bond donors (Lipinski definition) is 1. The number of nitrogens with one attached hydrogen (secondary N) is 1. The molecule has 0 unspecified atom stereocenters. The van der Waals surface area contributed by atoms with E-state index in [1.165, 1.54) is 6.21 Å². The lowest BCUT2D eigenvalue weighted by Crippen LogP contribution is -2.31. The number of amidine groups is 1. The summed E-state index contributed by atoms with van der Waals surface area (Å²) in [7, 11) is 0. The van der Waals surface area contributed by atoms with Crippen LogP contribution in [0.1, 0.15) is 24.5 Å². The van der Waals surface area contributed by atoms with Crippen LogP contribution in [0.2, 0.25) is 10.0 Å². The number of ether oxygens (including phenoxy) is 2. The van der Waals surface area contributed by atoms with Gasteiger partial charge in [0.2, 0.25) is 5.91 Å². The number of halogens is 2. The minimum Gasteiger partial charge on any atom is -0.550 e. The Balaban J connectivity index is 1.67. The van der Waals surface area contributed by atoms with E-state index < -0.39 is 17.1 Å². The number of carbonyl (C=O) groups excluding carboxylic acids is 2. The van der Waals surface area contributed by atoms with E-state index in [9.17, 15) is 14.7 Å². The number of hydrogen-bond acceptors (Lipinski definition) is 8. The molecule has 1 aliphatic heterocycles. The number of rotatable bonds is 9. The molecule has 2 aromatic carbocycles. The lowest BCUT2D eigenvalue weighted by Gasteiger charge is -2.13. The van der Waals surface area contributed by atoms with Crippen molar-refractivity contribution in [1.29, 1.82) is 0 Å². The second-order valence-corrected chi connectivity index (χ2v) is 8.52. The first-order chi connectivity index (χ1) is 15.4. The second kappa shape index (κ2) is 11.2. The monoisotopic (exact) mass is 494 g/mol. The molecule has 0 radical (unpaired) electrons. The molecule has 0 spiro atoms. The van der Waals surface area contributed by atoms with E-state index in [2.05, 4.69) is 15.5 Å². The Kier molecular flexibility index (Phi) is 8.38. The highest BCUT2D eigenvalue weighted by Gasteiger charge is 2.30. The van der Waals surface area contributed by atoms with E-state index in [0.29, 0.717) is 33.7 Å². The summed E-state index contributed by atoms with van der Waals surface area (Å²) in [6.07, 6.45) is 1.09. The number of nitrogens with zero attached hydrogens (tertiary/aromatic N) is 2. The molecule has 2 aromatic rings. The molecular formula is C21H18Cl2N3O5S-. The highest BCUT2D eigenvalue weighted by atomic mass is 35.5. The van der Waals surface area contributed by atoms with Gasteiger partial charge in [0.15, 0.2) is 16.7 Å². The molecule has 1 fully saturated rings. The van der Waals surface area contributed by atoms with Crippen LogP contribution in [0.3, 0.4) is 0 Å². The van der Waals surface area contributed by atoms with E-state index in [4.69, 9.17) is 32.7 Å². The zero-order chi connectivity index (χ0) is 23.1. The molecule has 0 aromatic heterocycles. The number of carboxylic acid groups (broad SMARTS) is 1. The number of carboxylic acids is 1. The molecule has 0 aliphatic carbocycles. The Hall–Kier alpha value is -2.75. The van der Waals surface area contributed by atoms with Crippen LogP contribution in [0.4, 0.5) is 0 Å². The van der Waals surface area contributed by atoms with E-state index >= 15 is 0 Å². The van der Waals surface area contributed by atoms with Gasteiger partial charge in [0, 0.05) is 28.0 Å². The Morgan fingerprint density at radius 2 is 2.03 bits per heavy atom. The largest absolute Gasteiger partial charge is 0.550 e. The van der Waals surface area contributed by atoms with Crippen molar-refractivity contribution in [3.63, 3.8) is 0 Å². The summed E-state index contributed by atoms with van der Waals surface area (Å²) in [5.41, 5.74) is 1.48. The van der Waals surface area contributed by atoms with Crippen molar-refractivity contribution in [2.75, 3.05) is 6.61 Å². The molecule has 0 saturated carbocycles. The van der Waals surface area contributed by atoms with E-state index in [0.717, 1.165) is 17.3 Å². The average molecular weight is 495 g/mol. The molecule has 32 heavy (non-hydrogen) atoms. The van der Waals surface area contributed by atoms with Gasteiger partial charge in [-0.25, -0.2) is 0 Å². The molecule has 1 amide bonds. The van der Waals surface area contributed by atoms with Gasteiger partial charge in [0.05, 0.1) is 18.1 Å². The zero-order valence-corrected chi connectivity index (χ0v) is 19.2. The van der Waals surface area contributed by atoms with Gasteiger partial charge in [-0.3, -0.25) is 4.79 Å². The Morgan fingerprint density at radius 3 is 2.75 bits per heavy atom. The zero-order valence-electron chi connectivity index (χ0n) is 16.8. The molecule has 3 rings (SSSR count). The normalized spacial score (nSPS) is 17.0. The van der Waals surface area contributed by atoms with Gasteiger partial charge in [0.25, 0.3) is 0 Å². The van der Waals surface area contributed by atoms with Gasteiger partial charge in [-0.15, -0.1) is 5.10 Å².